The van der Waals surface area contributed by atoms with Crippen molar-refractivity contribution in [3.05, 3.63) is 35.6 Å². The molecule has 150 valence electrons. The van der Waals surface area contributed by atoms with Crippen LogP contribution in [0.25, 0.3) is 0 Å². The lowest BCUT2D eigenvalue weighted by Gasteiger charge is -2.27. The molecular formula is C20H30FN3O2S. The lowest BCUT2D eigenvalue weighted by atomic mass is 10.1. The highest BCUT2D eigenvalue weighted by Gasteiger charge is 2.39. The molecule has 1 heterocycles. The van der Waals surface area contributed by atoms with Crippen LogP contribution in [0.15, 0.2) is 24.3 Å². The molecule has 0 aromatic heterocycles. The molecular weight excluding hydrogens is 365 g/mol. The molecule has 0 unspecified atom stereocenters. The normalized spacial score (nSPS) is 20.1. The number of hydrogen-bond acceptors (Lipinski definition) is 3. The van der Waals surface area contributed by atoms with Crippen molar-refractivity contribution < 1.29 is 14.0 Å². The first-order chi connectivity index (χ1) is 12.6. The van der Waals surface area contributed by atoms with Gasteiger partial charge in [-0.3, -0.25) is 4.79 Å². The Morgan fingerprint density at radius 2 is 1.93 bits per heavy atom. The Hall–Kier alpha value is -1.76. The second-order valence-electron chi connectivity index (χ2n) is 7.92. The van der Waals surface area contributed by atoms with Crippen molar-refractivity contribution in [3.8, 4) is 0 Å². The molecule has 2 rings (SSSR count). The van der Waals surface area contributed by atoms with Crippen LogP contribution in [0.5, 0.6) is 0 Å². The van der Waals surface area contributed by atoms with Crippen LogP contribution in [0.2, 0.25) is 0 Å². The van der Waals surface area contributed by atoms with E-state index < -0.39 is 0 Å². The molecule has 1 aromatic carbocycles. The van der Waals surface area contributed by atoms with Gasteiger partial charge in [-0.1, -0.05) is 19.1 Å². The molecule has 27 heavy (non-hydrogen) atoms. The number of nitrogens with one attached hydrogen (secondary N) is 1. The maximum Gasteiger partial charge on any atom is 0.317 e. The van der Waals surface area contributed by atoms with Crippen LogP contribution < -0.4 is 5.32 Å². The number of benzene rings is 1. The third-order valence-electron chi connectivity index (χ3n) is 4.38. The van der Waals surface area contributed by atoms with Crippen LogP contribution in [0.1, 0.15) is 51.5 Å². The van der Waals surface area contributed by atoms with E-state index in [9.17, 15) is 14.0 Å². The molecule has 1 aliphatic rings. The number of halogens is 1. The first kappa shape index (κ1) is 21.5. The van der Waals surface area contributed by atoms with Gasteiger partial charge in [0.15, 0.2) is 0 Å². The van der Waals surface area contributed by atoms with Crippen LogP contribution >= 0.6 is 11.8 Å². The number of hydrogen-bond donors (Lipinski definition) is 1. The number of amides is 3. The Morgan fingerprint density at radius 3 is 2.48 bits per heavy atom. The van der Waals surface area contributed by atoms with Crippen molar-refractivity contribution in [1.82, 2.24) is 15.1 Å². The van der Waals surface area contributed by atoms with Crippen LogP contribution in [-0.2, 0) is 4.79 Å². The molecule has 0 saturated carbocycles. The van der Waals surface area contributed by atoms with Gasteiger partial charge >= 0.3 is 6.03 Å². The number of carbonyl (C=O) groups excluding carboxylic acids is 2. The predicted molar refractivity (Wildman–Crippen MR) is 108 cm³/mol. The van der Waals surface area contributed by atoms with E-state index in [1.807, 2.05) is 32.6 Å². The Bertz CT molecular complexity index is 660. The zero-order valence-electron chi connectivity index (χ0n) is 16.8. The molecule has 1 saturated heterocycles. The Balaban J connectivity index is 1.98. The molecule has 0 spiro atoms. The van der Waals surface area contributed by atoms with Gasteiger partial charge < -0.3 is 15.1 Å². The lowest BCUT2D eigenvalue weighted by Crippen LogP contribution is -2.47. The van der Waals surface area contributed by atoms with E-state index >= 15 is 0 Å². The minimum absolute atomic E-state index is 0.0676. The van der Waals surface area contributed by atoms with E-state index in [1.54, 1.807) is 35.8 Å². The predicted octanol–water partition coefficient (Wildman–Crippen LogP) is 4.01. The molecule has 0 radical (unpaired) electrons. The number of thioether (sulfide) groups is 1. The fraction of sp³-hybridized carbons (Fsp3) is 0.600. The molecule has 1 aromatic rings. The average molecular weight is 396 g/mol. The maximum atomic E-state index is 13.2. The minimum Gasteiger partial charge on any atom is -0.333 e. The van der Waals surface area contributed by atoms with Gasteiger partial charge in [0.25, 0.3) is 0 Å². The first-order valence-corrected chi connectivity index (χ1v) is 10.3. The summed E-state index contributed by atoms with van der Waals surface area (Å²) in [6.07, 6.45) is 1.46. The summed E-state index contributed by atoms with van der Waals surface area (Å²) in [6.45, 7) is 8.96. The van der Waals surface area contributed by atoms with Gasteiger partial charge in [-0.25, -0.2) is 9.18 Å². The van der Waals surface area contributed by atoms with E-state index in [0.717, 1.165) is 12.0 Å². The van der Waals surface area contributed by atoms with E-state index in [4.69, 9.17) is 0 Å². The smallest absolute Gasteiger partial charge is 0.317 e. The van der Waals surface area contributed by atoms with Crippen molar-refractivity contribution in [3.63, 3.8) is 0 Å². The van der Waals surface area contributed by atoms with Gasteiger partial charge in [-0.05, 0) is 51.3 Å². The zero-order chi connectivity index (χ0) is 20.2. The highest BCUT2D eigenvalue weighted by molar-refractivity contribution is 8.01. The van der Waals surface area contributed by atoms with E-state index in [1.165, 1.54) is 12.1 Å². The Morgan fingerprint density at radius 1 is 1.30 bits per heavy atom. The van der Waals surface area contributed by atoms with Crippen LogP contribution in [0.4, 0.5) is 9.18 Å². The van der Waals surface area contributed by atoms with Gasteiger partial charge in [-0.15, -0.1) is 11.8 Å². The van der Waals surface area contributed by atoms with E-state index in [2.05, 4.69) is 5.32 Å². The topological polar surface area (TPSA) is 52.6 Å². The van der Waals surface area contributed by atoms with Crippen molar-refractivity contribution in [2.45, 2.75) is 56.7 Å². The summed E-state index contributed by atoms with van der Waals surface area (Å²) in [5.41, 5.74) is 0.652. The van der Waals surface area contributed by atoms with E-state index in [-0.39, 0.29) is 33.9 Å². The highest BCUT2D eigenvalue weighted by atomic mass is 32.2. The van der Waals surface area contributed by atoms with Crippen molar-refractivity contribution >= 4 is 23.7 Å². The molecule has 2 atom stereocenters. The SMILES string of the molecule is CC[C@@H]1S[C@H](c2ccc(F)cc2)N(CCCN(C)C(=O)NC(C)(C)C)C1=O. The quantitative estimate of drug-likeness (QED) is 0.792. The largest absolute Gasteiger partial charge is 0.333 e. The maximum absolute atomic E-state index is 13.2. The number of rotatable bonds is 6. The molecule has 1 N–H and O–H groups in total. The van der Waals surface area contributed by atoms with Gasteiger partial charge in [0.2, 0.25) is 5.91 Å². The Labute approximate surface area is 165 Å². The monoisotopic (exact) mass is 395 g/mol. The summed E-state index contributed by atoms with van der Waals surface area (Å²) >= 11 is 1.62. The fourth-order valence-corrected chi connectivity index (χ4v) is 4.39. The molecule has 3 amide bonds. The number of nitrogens with zero attached hydrogens (tertiary/aromatic N) is 2. The van der Waals surface area contributed by atoms with E-state index in [0.29, 0.717) is 19.5 Å². The van der Waals surface area contributed by atoms with Crippen molar-refractivity contribution in [2.24, 2.45) is 0 Å². The third-order valence-corrected chi connectivity index (χ3v) is 6.03. The first-order valence-electron chi connectivity index (χ1n) is 9.37. The standard InChI is InChI=1S/C20H30FN3O2S/c1-6-16-17(25)24(18(27-16)14-8-10-15(21)11-9-14)13-7-12-23(5)19(26)22-20(2,3)4/h8-11,16,18H,6-7,12-13H2,1-5H3,(H,22,26)/t16-,18+/m0/s1. The number of carbonyl (C=O) groups is 2. The molecule has 7 heteroatoms. The highest BCUT2D eigenvalue weighted by Crippen LogP contribution is 2.44. The molecule has 1 aliphatic heterocycles. The summed E-state index contributed by atoms with van der Waals surface area (Å²) in [5.74, 6) is -0.156. The summed E-state index contributed by atoms with van der Waals surface area (Å²) in [7, 11) is 1.76. The second-order valence-corrected chi connectivity index (χ2v) is 9.21. The van der Waals surface area contributed by atoms with Crippen LogP contribution in [0, 0.1) is 5.82 Å². The molecule has 5 nitrogen and oxygen atoms in total. The van der Waals surface area contributed by atoms with Crippen molar-refractivity contribution in [2.75, 3.05) is 20.1 Å². The van der Waals surface area contributed by atoms with Gasteiger partial charge in [0, 0.05) is 25.7 Å². The summed E-state index contributed by atoms with van der Waals surface area (Å²) in [6, 6.07) is 6.24. The lowest BCUT2D eigenvalue weighted by molar-refractivity contribution is -0.130. The molecule has 1 fully saturated rings. The Kier molecular flexibility index (Phi) is 7.14. The fourth-order valence-electron chi connectivity index (χ4n) is 2.97. The van der Waals surface area contributed by atoms with Crippen LogP contribution in [-0.4, -0.2) is 52.7 Å². The number of urea groups is 1. The minimum atomic E-state index is -0.283. The van der Waals surface area contributed by atoms with Crippen molar-refractivity contribution in [1.29, 1.82) is 0 Å². The van der Waals surface area contributed by atoms with Gasteiger partial charge in [-0.2, -0.15) is 0 Å². The average Bonchev–Trinajstić information content (AvgIpc) is 2.90. The second kappa shape index (κ2) is 8.95. The summed E-state index contributed by atoms with van der Waals surface area (Å²) < 4.78 is 13.2. The van der Waals surface area contributed by atoms with Gasteiger partial charge in [0.1, 0.15) is 11.2 Å². The van der Waals surface area contributed by atoms with Crippen LogP contribution in [0.3, 0.4) is 0 Å². The molecule has 0 aliphatic carbocycles. The van der Waals surface area contributed by atoms with Gasteiger partial charge in [0.05, 0.1) is 5.25 Å². The molecule has 0 bridgehead atoms. The summed E-state index contributed by atoms with van der Waals surface area (Å²) in [4.78, 5) is 28.4. The zero-order valence-corrected chi connectivity index (χ0v) is 17.6. The third kappa shape index (κ3) is 5.86. The summed E-state index contributed by atoms with van der Waals surface area (Å²) in [5, 5.41) is 2.76.